The number of hydrogen-bond donors (Lipinski definition) is 5. The second-order valence-corrected chi connectivity index (χ2v) is 7.70. The lowest BCUT2D eigenvalue weighted by Crippen LogP contribution is -2.23. The molecule has 0 amide bonds. The summed E-state index contributed by atoms with van der Waals surface area (Å²) in [5.74, 6) is 1.56. The van der Waals surface area contributed by atoms with E-state index in [0.29, 0.717) is 30.9 Å². The number of fused-ring (bicyclic) bond motifs is 1. The predicted octanol–water partition coefficient (Wildman–Crippen LogP) is 3.27. The molecule has 3 aromatic rings. The number of aliphatic hydroxyl groups is 2. The van der Waals surface area contributed by atoms with Gasteiger partial charge in [-0.05, 0) is 60.5 Å². The van der Waals surface area contributed by atoms with Gasteiger partial charge in [-0.25, -0.2) is 0 Å². The van der Waals surface area contributed by atoms with Crippen molar-refractivity contribution in [2.75, 3.05) is 31.6 Å². The summed E-state index contributed by atoms with van der Waals surface area (Å²) in [6, 6.07) is 18.8. The fourth-order valence-electron chi connectivity index (χ4n) is 3.57. The molecule has 1 heterocycles. The number of phenols is 1. The molecule has 0 bridgehead atoms. The van der Waals surface area contributed by atoms with Crippen molar-refractivity contribution in [2.24, 2.45) is 0 Å². The molecule has 7 nitrogen and oxygen atoms in total. The topological polar surface area (TPSA) is 103 Å². The highest BCUT2D eigenvalue weighted by Crippen LogP contribution is 2.33. The highest BCUT2D eigenvalue weighted by atomic mass is 16.6. The maximum Gasteiger partial charge on any atom is 0.163 e. The van der Waals surface area contributed by atoms with Crippen LogP contribution in [0.25, 0.3) is 0 Å². The van der Waals surface area contributed by atoms with E-state index < -0.39 is 6.10 Å². The fourth-order valence-corrected chi connectivity index (χ4v) is 3.57. The molecule has 4 rings (SSSR count). The Morgan fingerprint density at radius 1 is 0.875 bits per heavy atom. The van der Waals surface area contributed by atoms with E-state index in [0.717, 1.165) is 35.8 Å². The molecule has 0 saturated heterocycles. The molecular formula is C25H28N2O5. The van der Waals surface area contributed by atoms with Gasteiger partial charge in [0.2, 0.25) is 0 Å². The lowest BCUT2D eigenvalue weighted by atomic mass is 10.1. The molecule has 1 atom stereocenters. The molecule has 5 N–H and O–H groups in total. The largest absolute Gasteiger partial charge is 0.508 e. The molecule has 1 aliphatic rings. The van der Waals surface area contributed by atoms with Gasteiger partial charge in [0, 0.05) is 29.5 Å². The summed E-state index contributed by atoms with van der Waals surface area (Å²) in [7, 11) is 0. The van der Waals surface area contributed by atoms with Crippen LogP contribution in [-0.2, 0) is 13.0 Å². The first-order chi connectivity index (χ1) is 15.6. The number of nitrogens with one attached hydrogen (secondary N) is 2. The van der Waals surface area contributed by atoms with Crippen LogP contribution in [0.2, 0.25) is 0 Å². The van der Waals surface area contributed by atoms with E-state index >= 15 is 0 Å². The van der Waals surface area contributed by atoms with Crippen molar-refractivity contribution in [3.63, 3.8) is 0 Å². The van der Waals surface area contributed by atoms with E-state index in [1.807, 2.05) is 30.3 Å². The number of anilines is 2. The van der Waals surface area contributed by atoms with Crippen molar-refractivity contribution in [3.05, 3.63) is 77.4 Å². The molecule has 0 aliphatic carbocycles. The van der Waals surface area contributed by atoms with E-state index in [1.54, 1.807) is 12.1 Å². The molecule has 3 aromatic carbocycles. The fraction of sp³-hybridized carbons (Fsp3) is 0.280. The van der Waals surface area contributed by atoms with Gasteiger partial charge >= 0.3 is 0 Å². The molecule has 1 unspecified atom stereocenters. The highest BCUT2D eigenvalue weighted by Gasteiger charge is 2.12. The summed E-state index contributed by atoms with van der Waals surface area (Å²) in [6.07, 6.45) is 0.118. The van der Waals surface area contributed by atoms with Crippen molar-refractivity contribution in [1.82, 2.24) is 5.32 Å². The van der Waals surface area contributed by atoms with Gasteiger partial charge in [-0.1, -0.05) is 18.2 Å². The Labute approximate surface area is 187 Å². The molecule has 7 heteroatoms. The smallest absolute Gasteiger partial charge is 0.163 e. The lowest BCUT2D eigenvalue weighted by Gasteiger charge is -2.19. The Balaban J connectivity index is 1.24. The van der Waals surface area contributed by atoms with Gasteiger partial charge < -0.3 is 35.4 Å². The molecular weight excluding hydrogens is 408 g/mol. The van der Waals surface area contributed by atoms with Crippen LogP contribution in [0.4, 0.5) is 11.4 Å². The quantitative estimate of drug-likeness (QED) is 0.328. The van der Waals surface area contributed by atoms with Crippen LogP contribution in [0.3, 0.4) is 0 Å². The molecule has 0 fully saturated rings. The zero-order valence-electron chi connectivity index (χ0n) is 17.8. The van der Waals surface area contributed by atoms with E-state index in [2.05, 4.69) is 22.8 Å². The maximum atomic E-state index is 10.3. The van der Waals surface area contributed by atoms with Gasteiger partial charge in [0.15, 0.2) is 11.5 Å². The Kier molecular flexibility index (Phi) is 7.11. The van der Waals surface area contributed by atoms with Crippen molar-refractivity contribution < 1.29 is 24.8 Å². The third-order valence-corrected chi connectivity index (χ3v) is 5.37. The minimum absolute atomic E-state index is 0.0309. The number of hydrogen-bond acceptors (Lipinski definition) is 7. The number of aromatic hydroxyl groups is 1. The number of ether oxygens (including phenoxy) is 2. The Morgan fingerprint density at radius 2 is 1.62 bits per heavy atom. The predicted molar refractivity (Wildman–Crippen MR) is 123 cm³/mol. The monoisotopic (exact) mass is 436 g/mol. The summed E-state index contributed by atoms with van der Waals surface area (Å²) in [6.45, 7) is 1.99. The molecule has 0 aromatic heterocycles. The summed E-state index contributed by atoms with van der Waals surface area (Å²) in [5, 5.41) is 35.8. The maximum absolute atomic E-state index is 10.3. The average Bonchev–Trinajstić information content (AvgIpc) is 2.83. The SMILES string of the molecule is OCc1cc(C(O)CNCCc2ccc(Nc3ccc4c(c3)OCCO4)cc2)ccc1O. The van der Waals surface area contributed by atoms with Crippen LogP contribution in [0.15, 0.2) is 60.7 Å². The third kappa shape index (κ3) is 5.50. The van der Waals surface area contributed by atoms with Crippen molar-refractivity contribution in [2.45, 2.75) is 19.1 Å². The number of rotatable bonds is 9. The van der Waals surface area contributed by atoms with Crippen LogP contribution in [0.1, 0.15) is 22.8 Å². The minimum atomic E-state index is -0.710. The van der Waals surface area contributed by atoms with Crippen LogP contribution in [-0.4, -0.2) is 41.6 Å². The Morgan fingerprint density at radius 3 is 2.41 bits per heavy atom. The highest BCUT2D eigenvalue weighted by molar-refractivity contribution is 5.64. The first kappa shape index (κ1) is 22.0. The van der Waals surface area contributed by atoms with E-state index in [-0.39, 0.29) is 12.4 Å². The number of aliphatic hydroxyl groups excluding tert-OH is 2. The molecule has 168 valence electrons. The molecule has 0 radical (unpaired) electrons. The minimum Gasteiger partial charge on any atom is -0.508 e. The zero-order valence-corrected chi connectivity index (χ0v) is 17.8. The van der Waals surface area contributed by atoms with E-state index in [4.69, 9.17) is 9.47 Å². The van der Waals surface area contributed by atoms with Gasteiger partial charge in [-0.15, -0.1) is 0 Å². The van der Waals surface area contributed by atoms with Gasteiger partial charge in [-0.3, -0.25) is 0 Å². The molecule has 1 aliphatic heterocycles. The van der Waals surface area contributed by atoms with Crippen LogP contribution in [0.5, 0.6) is 17.2 Å². The van der Waals surface area contributed by atoms with Crippen LogP contribution >= 0.6 is 0 Å². The summed E-state index contributed by atoms with van der Waals surface area (Å²) in [4.78, 5) is 0. The first-order valence-electron chi connectivity index (χ1n) is 10.7. The summed E-state index contributed by atoms with van der Waals surface area (Å²) in [5.41, 5.74) is 4.18. The lowest BCUT2D eigenvalue weighted by molar-refractivity contribution is 0.171. The molecule has 0 saturated carbocycles. The zero-order chi connectivity index (χ0) is 22.3. The standard InChI is InChI=1S/C25H28N2O5/c28-16-19-13-18(3-7-22(19)29)23(30)15-26-10-9-17-1-4-20(5-2-17)27-21-6-8-24-25(14-21)32-12-11-31-24/h1-8,13-14,23,26-30H,9-12,15-16H2. The van der Waals surface area contributed by atoms with Gasteiger partial charge in [0.25, 0.3) is 0 Å². The van der Waals surface area contributed by atoms with Crippen LogP contribution < -0.4 is 20.1 Å². The van der Waals surface area contributed by atoms with Gasteiger partial charge in [0.05, 0.1) is 12.7 Å². The summed E-state index contributed by atoms with van der Waals surface area (Å²) >= 11 is 0. The Bertz CT molecular complexity index is 1040. The molecule has 32 heavy (non-hydrogen) atoms. The van der Waals surface area contributed by atoms with Gasteiger partial charge in [-0.2, -0.15) is 0 Å². The van der Waals surface area contributed by atoms with Crippen LogP contribution in [0, 0.1) is 0 Å². The first-order valence-corrected chi connectivity index (χ1v) is 10.7. The number of benzene rings is 3. The average molecular weight is 437 g/mol. The summed E-state index contributed by atoms with van der Waals surface area (Å²) < 4.78 is 11.2. The van der Waals surface area contributed by atoms with E-state index in [1.165, 1.54) is 11.6 Å². The normalized spacial score (nSPS) is 13.6. The van der Waals surface area contributed by atoms with E-state index in [9.17, 15) is 15.3 Å². The molecule has 0 spiro atoms. The van der Waals surface area contributed by atoms with Crippen molar-refractivity contribution in [3.8, 4) is 17.2 Å². The van der Waals surface area contributed by atoms with Crippen molar-refractivity contribution in [1.29, 1.82) is 0 Å². The van der Waals surface area contributed by atoms with Crippen molar-refractivity contribution >= 4 is 11.4 Å². The second-order valence-electron chi connectivity index (χ2n) is 7.70. The second kappa shape index (κ2) is 10.4. The van der Waals surface area contributed by atoms with Gasteiger partial charge in [0.1, 0.15) is 19.0 Å². The Hall–Kier alpha value is -3.26. The third-order valence-electron chi connectivity index (χ3n) is 5.37.